The van der Waals surface area contributed by atoms with Crippen molar-refractivity contribution in [2.24, 2.45) is 5.92 Å². The molecule has 2 aromatic rings. The summed E-state index contributed by atoms with van der Waals surface area (Å²) in [7, 11) is 0. The first-order valence-electron chi connectivity index (χ1n) is 12.8. The molecule has 3 aliphatic rings. The maximum Gasteiger partial charge on any atom is 0.321 e. The van der Waals surface area contributed by atoms with Crippen LogP contribution in [0.1, 0.15) is 68.7 Å². The summed E-state index contributed by atoms with van der Waals surface area (Å²) in [6.45, 7) is 8.34. The average Bonchev–Trinajstić information content (AvgIpc) is 2.82. The minimum atomic E-state index is -1.15. The standard InChI is InChI=1S/C28H35N3O4/c1-5-34-22-13-9-12-20-24-23(26(32)29-21-15-14-17(2)16-18(21)3)28(4,35-25(20)22)31(27(33)30-24)19-10-7-6-8-11-19/h9,12-16,19,23-24H,5-8,10-11H2,1-4H3,(H,29,32)(H,30,33)/t23-,24-,28+/m1/s1. The molecule has 0 unspecified atom stereocenters. The van der Waals surface area contributed by atoms with Crippen LogP contribution in [0.3, 0.4) is 0 Å². The van der Waals surface area contributed by atoms with Crippen LogP contribution in [0.15, 0.2) is 36.4 Å². The number of hydrogen-bond acceptors (Lipinski definition) is 4. The van der Waals surface area contributed by atoms with Crippen LogP contribution in [-0.4, -0.2) is 35.2 Å². The topological polar surface area (TPSA) is 79.9 Å². The van der Waals surface area contributed by atoms with Crippen molar-refractivity contribution in [3.63, 3.8) is 0 Å². The highest BCUT2D eigenvalue weighted by Gasteiger charge is 2.61. The summed E-state index contributed by atoms with van der Waals surface area (Å²) in [5.74, 6) is 0.428. The number of para-hydroxylation sites is 1. The Morgan fingerprint density at radius 3 is 2.69 bits per heavy atom. The predicted octanol–water partition coefficient (Wildman–Crippen LogP) is 5.46. The van der Waals surface area contributed by atoms with Crippen molar-refractivity contribution in [2.75, 3.05) is 11.9 Å². The molecule has 3 amide bonds. The molecule has 0 spiro atoms. The van der Waals surface area contributed by atoms with Gasteiger partial charge in [0.05, 0.1) is 12.6 Å². The van der Waals surface area contributed by atoms with Gasteiger partial charge in [-0.25, -0.2) is 4.79 Å². The molecule has 2 fully saturated rings. The van der Waals surface area contributed by atoms with Gasteiger partial charge in [-0.2, -0.15) is 0 Å². The van der Waals surface area contributed by atoms with Crippen molar-refractivity contribution in [3.8, 4) is 11.5 Å². The fraction of sp³-hybridized carbons (Fsp3) is 0.500. The molecule has 2 heterocycles. The van der Waals surface area contributed by atoms with Crippen molar-refractivity contribution >= 4 is 17.6 Å². The lowest BCUT2D eigenvalue weighted by atomic mass is 9.77. The van der Waals surface area contributed by atoms with E-state index >= 15 is 0 Å². The number of amides is 3. The molecule has 0 radical (unpaired) electrons. The normalized spacial score (nSPS) is 25.8. The summed E-state index contributed by atoms with van der Waals surface area (Å²) >= 11 is 0. The average molecular weight is 478 g/mol. The number of carbonyl (C=O) groups excluding carboxylic acids is 2. The zero-order chi connectivity index (χ0) is 24.7. The largest absolute Gasteiger partial charge is 0.490 e. The third-order valence-electron chi connectivity index (χ3n) is 7.70. The van der Waals surface area contributed by atoms with E-state index in [1.165, 1.54) is 6.42 Å². The van der Waals surface area contributed by atoms with Crippen LogP contribution in [0.25, 0.3) is 0 Å². The minimum Gasteiger partial charge on any atom is -0.490 e. The third-order valence-corrected chi connectivity index (χ3v) is 7.70. The number of hydrogen-bond donors (Lipinski definition) is 2. The first-order chi connectivity index (χ1) is 16.8. The first kappa shape index (κ1) is 23.5. The Hall–Kier alpha value is -3.22. The Labute approximate surface area is 207 Å². The first-order valence-corrected chi connectivity index (χ1v) is 12.8. The molecule has 7 nitrogen and oxygen atoms in total. The Kier molecular flexibility index (Phi) is 6.11. The summed E-state index contributed by atoms with van der Waals surface area (Å²) in [5.41, 5.74) is 2.52. The molecule has 2 aromatic carbocycles. The highest BCUT2D eigenvalue weighted by atomic mass is 16.5. The van der Waals surface area contributed by atoms with Crippen LogP contribution in [0.4, 0.5) is 10.5 Å². The molecule has 1 aliphatic carbocycles. The quantitative estimate of drug-likeness (QED) is 0.599. The van der Waals surface area contributed by atoms with Gasteiger partial charge in [-0.1, -0.05) is 49.1 Å². The fourth-order valence-corrected chi connectivity index (χ4v) is 6.11. The van der Waals surface area contributed by atoms with Crippen molar-refractivity contribution in [1.29, 1.82) is 0 Å². The predicted molar refractivity (Wildman–Crippen MR) is 135 cm³/mol. The molecule has 2 aliphatic heterocycles. The van der Waals surface area contributed by atoms with Crippen molar-refractivity contribution < 1.29 is 19.1 Å². The van der Waals surface area contributed by atoms with Gasteiger partial charge in [0, 0.05) is 17.3 Å². The van der Waals surface area contributed by atoms with Crippen molar-refractivity contribution in [2.45, 2.75) is 77.6 Å². The smallest absolute Gasteiger partial charge is 0.321 e. The van der Waals surface area contributed by atoms with E-state index in [9.17, 15) is 9.59 Å². The van der Waals surface area contributed by atoms with Crippen LogP contribution >= 0.6 is 0 Å². The van der Waals surface area contributed by atoms with Crippen molar-refractivity contribution in [1.82, 2.24) is 10.2 Å². The van der Waals surface area contributed by atoms with Gasteiger partial charge in [0.2, 0.25) is 5.91 Å². The Bertz CT molecular complexity index is 1140. The van der Waals surface area contributed by atoms with Crippen LogP contribution in [0, 0.1) is 19.8 Å². The minimum absolute atomic E-state index is 0.0203. The summed E-state index contributed by atoms with van der Waals surface area (Å²) in [4.78, 5) is 29.3. The lowest BCUT2D eigenvalue weighted by Crippen LogP contribution is -2.73. The number of benzene rings is 2. The molecule has 0 aromatic heterocycles. The number of carbonyl (C=O) groups is 2. The van der Waals surface area contributed by atoms with E-state index in [0.29, 0.717) is 18.1 Å². The van der Waals surface area contributed by atoms with E-state index in [4.69, 9.17) is 9.47 Å². The molecule has 1 saturated carbocycles. The van der Waals surface area contributed by atoms with E-state index in [-0.39, 0.29) is 18.0 Å². The number of urea groups is 1. The summed E-state index contributed by atoms with van der Waals surface area (Å²) < 4.78 is 12.6. The van der Waals surface area contributed by atoms with Crippen LogP contribution in [-0.2, 0) is 4.79 Å². The van der Waals surface area contributed by atoms with E-state index < -0.39 is 17.7 Å². The number of fused-ring (bicyclic) bond motifs is 4. The highest BCUT2D eigenvalue weighted by Crippen LogP contribution is 2.52. The second-order valence-electron chi connectivity index (χ2n) is 10.1. The molecule has 3 atom stereocenters. The lowest BCUT2D eigenvalue weighted by Gasteiger charge is -2.57. The number of nitrogens with one attached hydrogen (secondary N) is 2. The number of rotatable bonds is 5. The maximum absolute atomic E-state index is 14.0. The zero-order valence-corrected chi connectivity index (χ0v) is 21.0. The second kappa shape index (κ2) is 9.10. The molecule has 35 heavy (non-hydrogen) atoms. The van der Waals surface area contributed by atoms with Gasteiger partial charge in [0.1, 0.15) is 5.92 Å². The number of aryl methyl sites for hydroxylation is 2. The number of ether oxygens (including phenoxy) is 2. The molecule has 1 saturated heterocycles. The van der Waals surface area contributed by atoms with Gasteiger partial charge in [0.25, 0.3) is 0 Å². The van der Waals surface area contributed by atoms with E-state index in [1.807, 2.05) is 58.0 Å². The second-order valence-corrected chi connectivity index (χ2v) is 10.1. The van der Waals surface area contributed by atoms with E-state index in [1.54, 1.807) is 4.90 Å². The summed E-state index contributed by atoms with van der Waals surface area (Å²) in [6, 6.07) is 11.0. The SMILES string of the molecule is CCOc1cccc2c1O[C@@]1(C)[C@@H](C(=O)Nc3ccc(C)cc3C)[C@@H]2NC(=O)N1C1CCCCC1. The van der Waals surface area contributed by atoms with E-state index in [0.717, 1.165) is 48.1 Å². The van der Waals surface area contributed by atoms with Gasteiger partial charge < -0.3 is 20.1 Å². The summed E-state index contributed by atoms with van der Waals surface area (Å²) in [5, 5.41) is 6.32. The fourth-order valence-electron chi connectivity index (χ4n) is 6.11. The van der Waals surface area contributed by atoms with Crippen LogP contribution in [0.2, 0.25) is 0 Å². The van der Waals surface area contributed by atoms with Crippen LogP contribution in [0.5, 0.6) is 11.5 Å². The Morgan fingerprint density at radius 2 is 1.97 bits per heavy atom. The molecular weight excluding hydrogens is 442 g/mol. The van der Waals surface area contributed by atoms with Gasteiger partial charge in [-0.15, -0.1) is 0 Å². The zero-order valence-electron chi connectivity index (χ0n) is 21.0. The van der Waals surface area contributed by atoms with Gasteiger partial charge in [-0.05, 0) is 58.2 Å². The Balaban J connectivity index is 1.59. The van der Waals surface area contributed by atoms with E-state index in [2.05, 4.69) is 16.7 Å². The van der Waals surface area contributed by atoms with Gasteiger partial charge in [0.15, 0.2) is 17.2 Å². The molecule has 5 rings (SSSR count). The monoisotopic (exact) mass is 477 g/mol. The highest BCUT2D eigenvalue weighted by molar-refractivity contribution is 5.97. The van der Waals surface area contributed by atoms with Gasteiger partial charge >= 0.3 is 6.03 Å². The maximum atomic E-state index is 14.0. The number of anilines is 1. The molecular formula is C28H35N3O4. The molecule has 7 heteroatoms. The third kappa shape index (κ3) is 4.01. The molecule has 2 N–H and O–H groups in total. The van der Waals surface area contributed by atoms with Crippen LogP contribution < -0.4 is 20.1 Å². The van der Waals surface area contributed by atoms with Gasteiger partial charge in [-0.3, -0.25) is 9.69 Å². The lowest BCUT2D eigenvalue weighted by molar-refractivity contribution is -0.163. The van der Waals surface area contributed by atoms with Crippen molar-refractivity contribution in [3.05, 3.63) is 53.1 Å². The Morgan fingerprint density at radius 1 is 1.20 bits per heavy atom. The molecule has 2 bridgehead atoms. The summed E-state index contributed by atoms with van der Waals surface area (Å²) in [6.07, 6.45) is 5.10. The molecule has 186 valence electrons. The number of nitrogens with zero attached hydrogens (tertiary/aromatic N) is 1.